The zero-order chi connectivity index (χ0) is 22.4. The summed E-state index contributed by atoms with van der Waals surface area (Å²) in [7, 11) is -3.86. The van der Waals surface area contributed by atoms with E-state index in [0.717, 1.165) is 36.8 Å². The highest BCUT2D eigenvalue weighted by molar-refractivity contribution is 7.89. The predicted octanol–water partition coefficient (Wildman–Crippen LogP) is 4.34. The van der Waals surface area contributed by atoms with Crippen LogP contribution in [-0.4, -0.2) is 26.4 Å². The Kier molecular flexibility index (Phi) is 7.89. The second kappa shape index (κ2) is 10.4. The highest BCUT2D eigenvalue weighted by atomic mass is 32.2. The predicted molar refractivity (Wildman–Crippen MR) is 125 cm³/mol. The molecule has 6 heteroatoms. The average Bonchev–Trinajstić information content (AvgIpc) is 2.95. The van der Waals surface area contributed by atoms with Crippen molar-refractivity contribution in [2.45, 2.75) is 82.7 Å². The second-order valence-electron chi connectivity index (χ2n) is 8.79. The first kappa shape index (κ1) is 23.5. The number of hydrogen-bond acceptors (Lipinski definition) is 3. The molecule has 1 fully saturated rings. The van der Waals surface area contributed by atoms with Gasteiger partial charge in [0.2, 0.25) is 15.9 Å². The molecule has 2 N–H and O–H groups in total. The summed E-state index contributed by atoms with van der Waals surface area (Å²) in [5, 5.41) is 3.13. The van der Waals surface area contributed by atoms with E-state index in [-0.39, 0.29) is 16.8 Å². The minimum absolute atomic E-state index is 0.112. The normalized spacial score (nSPS) is 16.5. The number of aryl methyl sites for hydroxylation is 3. The van der Waals surface area contributed by atoms with E-state index in [9.17, 15) is 13.2 Å². The van der Waals surface area contributed by atoms with Gasteiger partial charge in [-0.05, 0) is 56.7 Å². The molecule has 2 aromatic rings. The van der Waals surface area contributed by atoms with Gasteiger partial charge in [-0.15, -0.1) is 0 Å². The maximum Gasteiger partial charge on any atom is 0.241 e. The summed E-state index contributed by atoms with van der Waals surface area (Å²) >= 11 is 0. The molecule has 1 aliphatic rings. The molecule has 0 bridgehead atoms. The number of benzene rings is 2. The smallest absolute Gasteiger partial charge is 0.241 e. The lowest BCUT2D eigenvalue weighted by Crippen LogP contribution is -2.50. The van der Waals surface area contributed by atoms with Crippen LogP contribution in [0.5, 0.6) is 0 Å². The van der Waals surface area contributed by atoms with E-state index in [4.69, 9.17) is 0 Å². The van der Waals surface area contributed by atoms with E-state index in [1.165, 1.54) is 12.8 Å². The van der Waals surface area contributed by atoms with Crippen molar-refractivity contribution in [1.29, 1.82) is 0 Å². The van der Waals surface area contributed by atoms with Crippen LogP contribution in [0, 0.1) is 20.8 Å². The van der Waals surface area contributed by atoms with Gasteiger partial charge in [-0.25, -0.2) is 8.42 Å². The molecule has 31 heavy (non-hydrogen) atoms. The summed E-state index contributed by atoms with van der Waals surface area (Å²) in [6, 6.07) is 12.5. The van der Waals surface area contributed by atoms with E-state index in [1.807, 2.05) is 49.4 Å². The highest BCUT2D eigenvalue weighted by Gasteiger charge is 2.29. The van der Waals surface area contributed by atoms with Crippen molar-refractivity contribution in [3.63, 3.8) is 0 Å². The quantitative estimate of drug-likeness (QED) is 0.627. The fraction of sp³-hybridized carbons (Fsp3) is 0.480. The van der Waals surface area contributed by atoms with Gasteiger partial charge < -0.3 is 5.32 Å². The van der Waals surface area contributed by atoms with E-state index >= 15 is 0 Å². The number of hydrogen-bond donors (Lipinski definition) is 2. The number of nitrogens with one attached hydrogen (secondary N) is 2. The van der Waals surface area contributed by atoms with Crippen molar-refractivity contribution >= 4 is 15.9 Å². The monoisotopic (exact) mass is 442 g/mol. The third kappa shape index (κ3) is 6.40. The van der Waals surface area contributed by atoms with Crippen LogP contribution in [0.25, 0.3) is 0 Å². The van der Waals surface area contributed by atoms with Crippen LogP contribution in [-0.2, 0) is 21.2 Å². The topological polar surface area (TPSA) is 75.3 Å². The van der Waals surface area contributed by atoms with E-state index in [0.29, 0.717) is 17.5 Å². The zero-order valence-corrected chi connectivity index (χ0v) is 19.6. The Hall–Kier alpha value is -2.18. The summed E-state index contributed by atoms with van der Waals surface area (Å²) < 4.78 is 29.4. The van der Waals surface area contributed by atoms with Gasteiger partial charge in [0, 0.05) is 6.04 Å². The Morgan fingerprint density at radius 3 is 2.13 bits per heavy atom. The third-order valence-electron chi connectivity index (χ3n) is 5.97. The molecule has 3 rings (SSSR count). The minimum atomic E-state index is -3.86. The van der Waals surface area contributed by atoms with Crippen molar-refractivity contribution in [1.82, 2.24) is 10.0 Å². The lowest BCUT2D eigenvalue weighted by atomic mass is 10.0. The van der Waals surface area contributed by atoms with Crippen molar-refractivity contribution < 1.29 is 13.2 Å². The molecule has 0 radical (unpaired) electrons. The number of carbonyl (C=O) groups is 1. The van der Waals surface area contributed by atoms with Crippen molar-refractivity contribution in [3.05, 3.63) is 64.7 Å². The number of amides is 1. The molecule has 2 aromatic carbocycles. The lowest BCUT2D eigenvalue weighted by Gasteiger charge is -2.23. The summed E-state index contributed by atoms with van der Waals surface area (Å²) in [4.78, 5) is 13.5. The molecule has 5 nitrogen and oxygen atoms in total. The summed E-state index contributed by atoms with van der Waals surface area (Å²) in [6.07, 6.45) is 6.79. The Balaban J connectivity index is 1.86. The first-order chi connectivity index (χ1) is 14.8. The molecule has 0 aromatic heterocycles. The standard InChI is InChI=1S/C25H34N2O3S/c1-18-15-19(2)24(20(3)16-18)31(29,30)27-23(17-21-11-7-6-8-12-21)25(28)26-22-13-9-4-5-10-14-22/h6-8,11-12,15-16,22-23,27H,4-5,9-10,13-14,17H2,1-3H3,(H,26,28)/t23-/m1/s1. The molecular formula is C25H34N2O3S. The van der Waals surface area contributed by atoms with Gasteiger partial charge in [0.15, 0.2) is 0 Å². The molecular weight excluding hydrogens is 408 g/mol. The van der Waals surface area contributed by atoms with Gasteiger partial charge >= 0.3 is 0 Å². The largest absolute Gasteiger partial charge is 0.352 e. The van der Waals surface area contributed by atoms with Gasteiger partial charge in [0.05, 0.1) is 4.90 Å². The zero-order valence-electron chi connectivity index (χ0n) is 18.8. The molecule has 1 atom stereocenters. The SMILES string of the molecule is Cc1cc(C)c(S(=O)(=O)N[C@H](Cc2ccccc2)C(=O)NC2CCCCCC2)c(C)c1. The molecule has 0 spiro atoms. The van der Waals surface area contributed by atoms with Crippen LogP contribution in [0.1, 0.15) is 60.8 Å². The molecule has 1 saturated carbocycles. The van der Waals surface area contributed by atoms with E-state index < -0.39 is 16.1 Å². The third-order valence-corrected chi connectivity index (χ3v) is 7.75. The van der Waals surface area contributed by atoms with E-state index in [1.54, 1.807) is 13.8 Å². The van der Waals surface area contributed by atoms with Crippen LogP contribution in [0.2, 0.25) is 0 Å². The van der Waals surface area contributed by atoms with Crippen molar-refractivity contribution in [2.75, 3.05) is 0 Å². The maximum absolute atomic E-state index is 13.3. The molecule has 1 aliphatic carbocycles. The van der Waals surface area contributed by atoms with Crippen LogP contribution in [0.15, 0.2) is 47.4 Å². The fourth-order valence-corrected chi connectivity index (χ4v) is 6.25. The first-order valence-electron chi connectivity index (χ1n) is 11.2. The first-order valence-corrected chi connectivity index (χ1v) is 12.7. The van der Waals surface area contributed by atoms with Gasteiger partial charge in [-0.3, -0.25) is 4.79 Å². The van der Waals surface area contributed by atoms with Crippen molar-refractivity contribution in [2.24, 2.45) is 0 Å². The molecule has 1 amide bonds. The maximum atomic E-state index is 13.3. The van der Waals surface area contributed by atoms with Crippen molar-refractivity contribution in [3.8, 4) is 0 Å². The van der Waals surface area contributed by atoms with Crippen LogP contribution in [0.4, 0.5) is 0 Å². The number of carbonyl (C=O) groups excluding carboxylic acids is 1. The van der Waals surface area contributed by atoms with Gasteiger partial charge in [-0.2, -0.15) is 4.72 Å². The molecule has 0 aliphatic heterocycles. The number of rotatable bonds is 7. The summed E-state index contributed by atoms with van der Waals surface area (Å²) in [6.45, 7) is 5.54. The Morgan fingerprint density at radius 1 is 0.968 bits per heavy atom. The van der Waals surface area contributed by atoms with Crippen LogP contribution >= 0.6 is 0 Å². The van der Waals surface area contributed by atoms with Gasteiger partial charge in [0.25, 0.3) is 0 Å². The van der Waals surface area contributed by atoms with Gasteiger partial charge in [-0.1, -0.05) is 73.7 Å². The van der Waals surface area contributed by atoms with E-state index in [2.05, 4.69) is 10.0 Å². The van der Waals surface area contributed by atoms with Gasteiger partial charge in [0.1, 0.15) is 6.04 Å². The fourth-order valence-electron chi connectivity index (χ4n) is 4.60. The molecule has 0 heterocycles. The number of sulfonamides is 1. The average molecular weight is 443 g/mol. The van der Waals surface area contributed by atoms with Crippen LogP contribution < -0.4 is 10.0 Å². The summed E-state index contributed by atoms with van der Waals surface area (Å²) in [5.74, 6) is -0.248. The lowest BCUT2D eigenvalue weighted by molar-refractivity contribution is -0.123. The Bertz CT molecular complexity index is 972. The summed E-state index contributed by atoms with van der Waals surface area (Å²) in [5.41, 5.74) is 3.31. The molecule has 168 valence electrons. The Labute approximate surface area is 186 Å². The molecule has 0 unspecified atom stereocenters. The van der Waals surface area contributed by atoms with Crippen LogP contribution in [0.3, 0.4) is 0 Å². The second-order valence-corrected chi connectivity index (χ2v) is 10.4. The molecule has 0 saturated heterocycles. The minimum Gasteiger partial charge on any atom is -0.352 e. The Morgan fingerprint density at radius 2 is 1.55 bits per heavy atom. The highest BCUT2D eigenvalue weighted by Crippen LogP contribution is 2.23.